The number of hydrogen-bond acceptors (Lipinski definition) is 6. The SMILES string of the molecule is COc1ccc(OC)c(C(=O)N2CCN(C3=NC[C@@H](C)S3)CC2)c1. The summed E-state index contributed by atoms with van der Waals surface area (Å²) in [5.41, 5.74) is 0.548. The molecular weight excluding hydrogens is 326 g/mol. The lowest BCUT2D eigenvalue weighted by atomic mass is 10.1. The Bertz CT molecular complexity index is 642. The molecule has 0 aliphatic carbocycles. The Morgan fingerprint density at radius 3 is 2.54 bits per heavy atom. The molecule has 1 aromatic rings. The third kappa shape index (κ3) is 3.45. The van der Waals surface area contributed by atoms with Gasteiger partial charge in [-0.2, -0.15) is 0 Å². The number of carbonyl (C=O) groups excluding carboxylic acids is 1. The highest BCUT2D eigenvalue weighted by atomic mass is 32.2. The normalized spacial score (nSPS) is 20.8. The number of nitrogens with zero attached hydrogens (tertiary/aromatic N) is 3. The van der Waals surface area contributed by atoms with E-state index < -0.39 is 0 Å². The van der Waals surface area contributed by atoms with Gasteiger partial charge in [0, 0.05) is 31.4 Å². The van der Waals surface area contributed by atoms with Crippen LogP contribution >= 0.6 is 11.8 Å². The second-order valence-electron chi connectivity index (χ2n) is 5.90. The largest absolute Gasteiger partial charge is 0.497 e. The molecular formula is C17H23N3O3S. The molecule has 130 valence electrons. The Hall–Kier alpha value is -1.89. The van der Waals surface area contributed by atoms with Crippen LogP contribution in [0.1, 0.15) is 17.3 Å². The van der Waals surface area contributed by atoms with Gasteiger partial charge in [-0.3, -0.25) is 9.79 Å². The van der Waals surface area contributed by atoms with Crippen LogP contribution < -0.4 is 9.47 Å². The van der Waals surface area contributed by atoms with Crippen molar-refractivity contribution in [1.29, 1.82) is 0 Å². The molecule has 0 radical (unpaired) electrons. The van der Waals surface area contributed by atoms with Crippen molar-refractivity contribution in [2.75, 3.05) is 46.9 Å². The predicted molar refractivity (Wildman–Crippen MR) is 96.4 cm³/mol. The summed E-state index contributed by atoms with van der Waals surface area (Å²) in [7, 11) is 3.17. The van der Waals surface area contributed by atoms with Gasteiger partial charge in [-0.1, -0.05) is 18.7 Å². The van der Waals surface area contributed by atoms with E-state index in [-0.39, 0.29) is 5.91 Å². The fourth-order valence-electron chi connectivity index (χ4n) is 2.89. The summed E-state index contributed by atoms with van der Waals surface area (Å²) in [6.07, 6.45) is 0. The highest BCUT2D eigenvalue weighted by Crippen LogP contribution is 2.27. The first kappa shape index (κ1) is 17.0. The summed E-state index contributed by atoms with van der Waals surface area (Å²) in [5.74, 6) is 1.22. The van der Waals surface area contributed by atoms with Crippen LogP contribution in [-0.4, -0.2) is 73.1 Å². The van der Waals surface area contributed by atoms with E-state index in [0.29, 0.717) is 35.4 Å². The number of amidine groups is 1. The van der Waals surface area contributed by atoms with E-state index in [1.807, 2.05) is 16.7 Å². The average molecular weight is 349 g/mol. The highest BCUT2D eigenvalue weighted by molar-refractivity contribution is 8.14. The molecule has 1 aromatic carbocycles. The third-order valence-corrected chi connectivity index (χ3v) is 5.41. The second kappa shape index (κ2) is 7.34. The van der Waals surface area contributed by atoms with Gasteiger partial charge in [0.2, 0.25) is 0 Å². The van der Waals surface area contributed by atoms with Crippen LogP contribution in [0.5, 0.6) is 11.5 Å². The van der Waals surface area contributed by atoms with Crippen molar-refractivity contribution in [2.45, 2.75) is 12.2 Å². The summed E-state index contributed by atoms with van der Waals surface area (Å²) in [4.78, 5) is 21.6. The number of aliphatic imine (C=N–C) groups is 1. The number of amides is 1. The number of ether oxygens (including phenoxy) is 2. The molecule has 2 heterocycles. The minimum atomic E-state index is -0.0141. The van der Waals surface area contributed by atoms with Gasteiger partial charge in [0.1, 0.15) is 11.5 Å². The minimum absolute atomic E-state index is 0.0141. The first-order valence-electron chi connectivity index (χ1n) is 8.09. The van der Waals surface area contributed by atoms with Crippen molar-refractivity contribution in [3.63, 3.8) is 0 Å². The summed E-state index contributed by atoms with van der Waals surface area (Å²) in [5, 5.41) is 1.68. The molecule has 0 saturated carbocycles. The van der Waals surface area contributed by atoms with Gasteiger partial charge in [-0.25, -0.2) is 0 Å². The second-order valence-corrected chi connectivity index (χ2v) is 7.30. The van der Waals surface area contributed by atoms with Gasteiger partial charge in [0.15, 0.2) is 5.17 Å². The number of rotatable bonds is 3. The van der Waals surface area contributed by atoms with Crippen molar-refractivity contribution in [1.82, 2.24) is 9.80 Å². The summed E-state index contributed by atoms with van der Waals surface area (Å²) >= 11 is 1.82. The van der Waals surface area contributed by atoms with Gasteiger partial charge in [-0.05, 0) is 18.2 Å². The molecule has 0 spiro atoms. The van der Waals surface area contributed by atoms with E-state index in [1.165, 1.54) is 0 Å². The maximum atomic E-state index is 12.9. The Labute approximate surface area is 146 Å². The molecule has 1 saturated heterocycles. The zero-order valence-corrected chi connectivity index (χ0v) is 15.1. The Morgan fingerprint density at radius 1 is 1.21 bits per heavy atom. The molecule has 7 heteroatoms. The van der Waals surface area contributed by atoms with Gasteiger partial charge in [0.25, 0.3) is 5.91 Å². The minimum Gasteiger partial charge on any atom is -0.497 e. The summed E-state index contributed by atoms with van der Waals surface area (Å²) in [6.45, 7) is 6.09. The molecule has 2 aliphatic rings. The van der Waals surface area contributed by atoms with Crippen molar-refractivity contribution < 1.29 is 14.3 Å². The van der Waals surface area contributed by atoms with Gasteiger partial charge >= 0.3 is 0 Å². The third-order valence-electron chi connectivity index (χ3n) is 4.26. The molecule has 1 amide bonds. The molecule has 3 rings (SSSR count). The molecule has 6 nitrogen and oxygen atoms in total. The lowest BCUT2D eigenvalue weighted by molar-refractivity contribution is 0.0690. The summed E-state index contributed by atoms with van der Waals surface area (Å²) < 4.78 is 10.6. The molecule has 0 aromatic heterocycles. The lowest BCUT2D eigenvalue weighted by Crippen LogP contribution is -2.49. The lowest BCUT2D eigenvalue weighted by Gasteiger charge is -2.35. The first-order valence-corrected chi connectivity index (χ1v) is 8.97. The number of carbonyl (C=O) groups is 1. The van der Waals surface area contributed by atoms with Crippen molar-refractivity contribution in [3.8, 4) is 11.5 Å². The molecule has 1 atom stereocenters. The van der Waals surface area contributed by atoms with Crippen LogP contribution in [0.2, 0.25) is 0 Å². The molecule has 1 fully saturated rings. The number of benzene rings is 1. The van der Waals surface area contributed by atoms with Gasteiger partial charge < -0.3 is 19.3 Å². The standard InChI is InChI=1S/C17H23N3O3S/c1-12-11-18-17(24-12)20-8-6-19(7-9-20)16(21)14-10-13(22-2)4-5-15(14)23-3/h4-5,10,12H,6-9,11H2,1-3H3/t12-/m1/s1. The topological polar surface area (TPSA) is 54.4 Å². The molecule has 0 bridgehead atoms. The quantitative estimate of drug-likeness (QED) is 0.835. The van der Waals surface area contributed by atoms with E-state index in [4.69, 9.17) is 9.47 Å². The van der Waals surface area contributed by atoms with Crippen molar-refractivity contribution in [2.24, 2.45) is 4.99 Å². The zero-order valence-electron chi connectivity index (χ0n) is 14.3. The smallest absolute Gasteiger partial charge is 0.257 e. The highest BCUT2D eigenvalue weighted by Gasteiger charge is 2.28. The molecule has 0 unspecified atom stereocenters. The van der Waals surface area contributed by atoms with Crippen molar-refractivity contribution >= 4 is 22.8 Å². The van der Waals surface area contributed by atoms with Crippen LogP contribution in [0.4, 0.5) is 0 Å². The van der Waals surface area contributed by atoms with E-state index in [0.717, 1.165) is 24.8 Å². The van der Waals surface area contributed by atoms with Gasteiger partial charge in [0.05, 0.1) is 26.3 Å². The molecule has 24 heavy (non-hydrogen) atoms. The zero-order chi connectivity index (χ0) is 17.1. The first-order chi connectivity index (χ1) is 11.6. The number of methoxy groups -OCH3 is 2. The van der Waals surface area contributed by atoms with Crippen LogP contribution in [0.15, 0.2) is 23.2 Å². The fraction of sp³-hybridized carbons (Fsp3) is 0.529. The predicted octanol–water partition coefficient (Wildman–Crippen LogP) is 1.95. The molecule has 2 aliphatic heterocycles. The van der Waals surface area contributed by atoms with Crippen LogP contribution in [-0.2, 0) is 0 Å². The maximum Gasteiger partial charge on any atom is 0.257 e. The number of thioether (sulfide) groups is 1. The maximum absolute atomic E-state index is 12.9. The van der Waals surface area contributed by atoms with Crippen LogP contribution in [0, 0.1) is 0 Å². The number of hydrogen-bond donors (Lipinski definition) is 0. The van der Waals surface area contributed by atoms with E-state index in [9.17, 15) is 4.79 Å². The fourth-order valence-corrected chi connectivity index (χ4v) is 3.88. The summed E-state index contributed by atoms with van der Waals surface area (Å²) in [6, 6.07) is 5.31. The van der Waals surface area contributed by atoms with Crippen molar-refractivity contribution in [3.05, 3.63) is 23.8 Å². The van der Waals surface area contributed by atoms with Crippen LogP contribution in [0.25, 0.3) is 0 Å². The van der Waals surface area contributed by atoms with E-state index in [1.54, 1.807) is 32.4 Å². The molecule has 0 N–H and O–H groups in total. The average Bonchev–Trinajstić information content (AvgIpc) is 3.07. The Balaban J connectivity index is 1.67. The Morgan fingerprint density at radius 2 is 1.96 bits per heavy atom. The monoisotopic (exact) mass is 349 g/mol. The van der Waals surface area contributed by atoms with Gasteiger partial charge in [-0.15, -0.1) is 0 Å². The van der Waals surface area contributed by atoms with E-state index in [2.05, 4.69) is 16.8 Å². The Kier molecular flexibility index (Phi) is 5.18. The van der Waals surface area contributed by atoms with E-state index >= 15 is 0 Å². The number of piperazine rings is 1. The van der Waals surface area contributed by atoms with Crippen LogP contribution in [0.3, 0.4) is 0 Å².